The smallest absolute Gasteiger partial charge is 0.309 e. The maximum Gasteiger partial charge on any atom is 0.309 e. The van der Waals surface area contributed by atoms with Crippen LogP contribution in [0.3, 0.4) is 0 Å². The fraction of sp³-hybridized carbons (Fsp3) is 0.467. The van der Waals surface area contributed by atoms with Gasteiger partial charge in [0.05, 0.1) is 18.9 Å². The Morgan fingerprint density at radius 3 is 2.62 bits per heavy atom. The Labute approximate surface area is 123 Å². The van der Waals surface area contributed by atoms with Crippen molar-refractivity contribution in [2.24, 2.45) is 5.41 Å². The number of rotatable bonds is 7. The van der Waals surface area contributed by atoms with Gasteiger partial charge >= 0.3 is 5.97 Å². The van der Waals surface area contributed by atoms with Gasteiger partial charge in [-0.3, -0.25) is 9.59 Å². The molecule has 2 N–H and O–H groups in total. The Bertz CT molecular complexity index is 528. The molecular weight excluding hydrogens is 277 g/mol. The van der Waals surface area contributed by atoms with E-state index in [1.165, 1.54) is 25.3 Å². The average molecular weight is 297 g/mol. The van der Waals surface area contributed by atoms with Gasteiger partial charge in [0.15, 0.2) is 0 Å². The fourth-order valence-corrected chi connectivity index (χ4v) is 1.74. The van der Waals surface area contributed by atoms with E-state index in [4.69, 9.17) is 9.84 Å². The van der Waals surface area contributed by atoms with Gasteiger partial charge in [0, 0.05) is 12.1 Å². The predicted octanol–water partition coefficient (Wildman–Crippen LogP) is 1.99. The number of carbonyl (C=O) groups is 2. The molecule has 0 heterocycles. The van der Waals surface area contributed by atoms with Crippen molar-refractivity contribution in [3.8, 4) is 5.75 Å². The van der Waals surface area contributed by atoms with Crippen LogP contribution in [0.1, 0.15) is 25.8 Å². The second-order valence-electron chi connectivity index (χ2n) is 5.42. The van der Waals surface area contributed by atoms with Crippen molar-refractivity contribution in [3.63, 3.8) is 0 Å². The third-order valence-corrected chi connectivity index (χ3v) is 3.24. The number of amides is 1. The molecule has 0 spiro atoms. The molecule has 0 bridgehead atoms. The van der Waals surface area contributed by atoms with Gasteiger partial charge in [-0.25, -0.2) is 4.39 Å². The molecule has 0 aliphatic carbocycles. The topological polar surface area (TPSA) is 75.6 Å². The van der Waals surface area contributed by atoms with E-state index in [0.717, 1.165) is 0 Å². The van der Waals surface area contributed by atoms with Crippen LogP contribution in [-0.4, -0.2) is 30.6 Å². The van der Waals surface area contributed by atoms with E-state index >= 15 is 0 Å². The summed E-state index contributed by atoms with van der Waals surface area (Å²) in [5, 5.41) is 11.6. The summed E-state index contributed by atoms with van der Waals surface area (Å²) in [6.07, 6.45) is 0.294. The SMILES string of the molecule is COc1ccc(F)cc1CC(=O)NCCC(C)(C)C(=O)O. The van der Waals surface area contributed by atoms with Crippen molar-refractivity contribution >= 4 is 11.9 Å². The molecule has 0 aromatic heterocycles. The minimum absolute atomic E-state index is 0.0194. The van der Waals surface area contributed by atoms with Crippen molar-refractivity contribution in [3.05, 3.63) is 29.6 Å². The molecule has 1 rings (SSSR count). The molecule has 0 aliphatic heterocycles. The van der Waals surface area contributed by atoms with Crippen molar-refractivity contribution in [1.29, 1.82) is 0 Å². The van der Waals surface area contributed by atoms with Crippen LogP contribution in [0.25, 0.3) is 0 Å². The molecule has 1 aromatic rings. The minimum Gasteiger partial charge on any atom is -0.496 e. The number of hydrogen-bond donors (Lipinski definition) is 2. The summed E-state index contributed by atoms with van der Waals surface area (Å²) in [6.45, 7) is 3.43. The van der Waals surface area contributed by atoms with E-state index in [1.54, 1.807) is 13.8 Å². The summed E-state index contributed by atoms with van der Waals surface area (Å²) in [7, 11) is 1.45. The molecule has 21 heavy (non-hydrogen) atoms. The van der Waals surface area contributed by atoms with Crippen LogP contribution in [0.15, 0.2) is 18.2 Å². The van der Waals surface area contributed by atoms with E-state index in [1.807, 2.05) is 0 Å². The van der Waals surface area contributed by atoms with E-state index in [9.17, 15) is 14.0 Å². The summed E-state index contributed by atoms with van der Waals surface area (Å²) in [4.78, 5) is 22.7. The lowest BCUT2D eigenvalue weighted by molar-refractivity contribution is -0.147. The van der Waals surface area contributed by atoms with Crippen LogP contribution in [0.5, 0.6) is 5.75 Å². The normalized spacial score (nSPS) is 11.0. The molecule has 1 amide bonds. The molecule has 6 heteroatoms. The molecule has 0 atom stereocenters. The minimum atomic E-state index is -0.913. The third kappa shape index (κ3) is 5.06. The summed E-state index contributed by atoms with van der Waals surface area (Å²) >= 11 is 0. The second-order valence-corrected chi connectivity index (χ2v) is 5.42. The predicted molar refractivity (Wildman–Crippen MR) is 75.7 cm³/mol. The molecule has 0 saturated heterocycles. The van der Waals surface area contributed by atoms with Gasteiger partial charge in [-0.05, 0) is 38.5 Å². The number of nitrogens with one attached hydrogen (secondary N) is 1. The first-order valence-corrected chi connectivity index (χ1v) is 6.59. The summed E-state index contributed by atoms with van der Waals surface area (Å²) < 4.78 is 18.2. The Morgan fingerprint density at radius 1 is 1.38 bits per heavy atom. The van der Waals surface area contributed by atoms with E-state index in [2.05, 4.69) is 5.32 Å². The summed E-state index contributed by atoms with van der Waals surface area (Å²) in [6, 6.07) is 3.97. The zero-order valence-electron chi connectivity index (χ0n) is 12.4. The van der Waals surface area contributed by atoms with E-state index in [-0.39, 0.29) is 18.9 Å². The fourth-order valence-electron chi connectivity index (χ4n) is 1.74. The van der Waals surface area contributed by atoms with Crippen molar-refractivity contribution < 1.29 is 23.8 Å². The molecule has 5 nitrogen and oxygen atoms in total. The molecular formula is C15H20FNO4. The Balaban J connectivity index is 2.55. The lowest BCUT2D eigenvalue weighted by Crippen LogP contribution is -2.32. The highest BCUT2D eigenvalue weighted by Gasteiger charge is 2.26. The highest BCUT2D eigenvalue weighted by molar-refractivity contribution is 5.79. The van der Waals surface area contributed by atoms with Gasteiger partial charge < -0.3 is 15.2 Å². The quantitative estimate of drug-likeness (QED) is 0.807. The van der Waals surface area contributed by atoms with E-state index < -0.39 is 17.2 Å². The zero-order chi connectivity index (χ0) is 16.0. The molecule has 1 aromatic carbocycles. The van der Waals surface area contributed by atoms with Crippen LogP contribution in [0, 0.1) is 11.2 Å². The maximum atomic E-state index is 13.2. The van der Waals surface area contributed by atoms with Crippen molar-refractivity contribution in [1.82, 2.24) is 5.32 Å². The first-order valence-electron chi connectivity index (χ1n) is 6.59. The number of carboxylic acid groups (broad SMARTS) is 1. The van der Waals surface area contributed by atoms with E-state index in [0.29, 0.717) is 17.7 Å². The largest absolute Gasteiger partial charge is 0.496 e. The second kappa shape index (κ2) is 7.06. The average Bonchev–Trinajstić information content (AvgIpc) is 2.38. The maximum absolute atomic E-state index is 13.2. The van der Waals surface area contributed by atoms with Crippen molar-refractivity contribution in [2.45, 2.75) is 26.7 Å². The molecule has 0 fully saturated rings. The number of methoxy groups -OCH3 is 1. The number of carboxylic acids is 1. The monoisotopic (exact) mass is 297 g/mol. The molecule has 0 saturated carbocycles. The van der Waals surface area contributed by atoms with Gasteiger partial charge in [-0.1, -0.05) is 0 Å². The van der Waals surface area contributed by atoms with Gasteiger partial charge in [0.1, 0.15) is 11.6 Å². The van der Waals surface area contributed by atoms with Crippen LogP contribution < -0.4 is 10.1 Å². The zero-order valence-corrected chi connectivity index (χ0v) is 12.4. The molecule has 0 radical (unpaired) electrons. The Morgan fingerprint density at radius 2 is 2.05 bits per heavy atom. The Kier molecular flexibility index (Phi) is 5.69. The number of carbonyl (C=O) groups excluding carboxylic acids is 1. The summed E-state index contributed by atoms with van der Waals surface area (Å²) in [5.41, 5.74) is -0.448. The lowest BCUT2D eigenvalue weighted by Gasteiger charge is -2.19. The van der Waals surface area contributed by atoms with Crippen LogP contribution in [0.4, 0.5) is 4.39 Å². The standard InChI is InChI=1S/C15H20FNO4/c1-15(2,14(19)20)6-7-17-13(18)9-10-8-11(16)4-5-12(10)21-3/h4-5,8H,6-7,9H2,1-3H3,(H,17,18)(H,19,20). The Hall–Kier alpha value is -2.11. The summed E-state index contributed by atoms with van der Waals surface area (Å²) in [5.74, 6) is -1.22. The number of ether oxygens (including phenoxy) is 1. The lowest BCUT2D eigenvalue weighted by atomic mass is 9.90. The van der Waals surface area contributed by atoms with Crippen LogP contribution >= 0.6 is 0 Å². The molecule has 0 unspecified atom stereocenters. The third-order valence-electron chi connectivity index (χ3n) is 3.24. The first kappa shape index (κ1) is 16.9. The molecule has 0 aliphatic rings. The molecule has 116 valence electrons. The van der Waals surface area contributed by atoms with Gasteiger partial charge in [0.2, 0.25) is 5.91 Å². The van der Waals surface area contributed by atoms with Gasteiger partial charge in [-0.15, -0.1) is 0 Å². The number of aliphatic carboxylic acids is 1. The number of halogens is 1. The number of hydrogen-bond acceptors (Lipinski definition) is 3. The first-order chi connectivity index (χ1) is 9.76. The van der Waals surface area contributed by atoms with Crippen LogP contribution in [-0.2, 0) is 16.0 Å². The number of benzene rings is 1. The van der Waals surface area contributed by atoms with Crippen LogP contribution in [0.2, 0.25) is 0 Å². The van der Waals surface area contributed by atoms with Gasteiger partial charge in [-0.2, -0.15) is 0 Å². The van der Waals surface area contributed by atoms with Gasteiger partial charge in [0.25, 0.3) is 0 Å². The highest BCUT2D eigenvalue weighted by Crippen LogP contribution is 2.21. The highest BCUT2D eigenvalue weighted by atomic mass is 19.1. The van der Waals surface area contributed by atoms with Crippen molar-refractivity contribution in [2.75, 3.05) is 13.7 Å².